The minimum absolute atomic E-state index is 0.0241. The van der Waals surface area contributed by atoms with E-state index in [-0.39, 0.29) is 21.6 Å². The molecule has 1 N–H and O–H groups in total. The van der Waals surface area contributed by atoms with Crippen LogP contribution >= 0.6 is 11.6 Å². The molecule has 2 heterocycles. The van der Waals surface area contributed by atoms with Crippen molar-refractivity contribution in [1.29, 1.82) is 5.26 Å². The van der Waals surface area contributed by atoms with Crippen LogP contribution in [0.3, 0.4) is 0 Å². The molecule has 0 fully saturated rings. The quantitative estimate of drug-likeness (QED) is 0.392. The lowest BCUT2D eigenvalue weighted by Gasteiger charge is -2.26. The predicted octanol–water partition coefficient (Wildman–Crippen LogP) is 5.86. The van der Waals surface area contributed by atoms with Gasteiger partial charge in [-0.1, -0.05) is 25.4 Å². The van der Waals surface area contributed by atoms with Crippen molar-refractivity contribution in [2.45, 2.75) is 50.5 Å². The van der Waals surface area contributed by atoms with E-state index in [0.717, 1.165) is 11.8 Å². The third-order valence-corrected chi connectivity index (χ3v) is 7.81. The second-order valence-corrected chi connectivity index (χ2v) is 13.5. The number of nitrogens with one attached hydrogen (secondary N) is 1. The number of halogens is 1. The first kappa shape index (κ1) is 29.1. The average Bonchev–Trinajstić information content (AvgIpc) is 3.13. The molecule has 0 saturated heterocycles. The van der Waals surface area contributed by atoms with Crippen molar-refractivity contribution in [3.63, 3.8) is 0 Å². The summed E-state index contributed by atoms with van der Waals surface area (Å²) in [6, 6.07) is 10.3. The fraction of sp³-hybridized carbons (Fsp3) is 0.357. The number of ether oxygens (including phenoxy) is 2. The molecular formula is C28H30ClN5O5S. The van der Waals surface area contributed by atoms with Gasteiger partial charge in [-0.2, -0.15) is 5.26 Å². The third-order valence-electron chi connectivity index (χ3n) is 6.25. The van der Waals surface area contributed by atoms with Gasteiger partial charge < -0.3 is 14.8 Å². The monoisotopic (exact) mass is 583 g/mol. The number of aromatic nitrogens is 2. The number of sulfone groups is 1. The van der Waals surface area contributed by atoms with Crippen LogP contribution in [0.5, 0.6) is 5.75 Å². The number of fused-ring (bicyclic) bond motifs is 1. The number of amides is 1. The highest BCUT2D eigenvalue weighted by Gasteiger charge is 2.42. The lowest BCUT2D eigenvalue weighted by Crippen LogP contribution is -2.38. The van der Waals surface area contributed by atoms with Crippen LogP contribution < -0.4 is 15.0 Å². The molecule has 210 valence electrons. The van der Waals surface area contributed by atoms with E-state index in [1.165, 1.54) is 24.1 Å². The standard InChI is InChI=1S/C28H30ClN5O5S/c1-27(2,3)39-26(35)34-15-28(4,5)18-11-16(10-17(14-30)24(18)34)20-8-9-31-25(32-20)33-21-12-19(29)23(40(7,36)37)13-22(21)38-6/h8-13H,15H2,1-7H3,(H,31,32,33). The smallest absolute Gasteiger partial charge is 0.414 e. The number of carbonyl (C=O) groups is 1. The van der Waals surface area contributed by atoms with Crippen LogP contribution in [-0.2, 0) is 20.0 Å². The molecule has 0 aliphatic carbocycles. The van der Waals surface area contributed by atoms with Crippen molar-refractivity contribution in [2.24, 2.45) is 0 Å². The largest absolute Gasteiger partial charge is 0.495 e. The molecule has 0 radical (unpaired) electrons. The molecule has 3 aromatic rings. The minimum atomic E-state index is -3.57. The van der Waals surface area contributed by atoms with E-state index < -0.39 is 26.9 Å². The first-order valence-corrected chi connectivity index (χ1v) is 14.6. The molecular weight excluding hydrogens is 554 g/mol. The Hall–Kier alpha value is -3.88. The summed E-state index contributed by atoms with van der Waals surface area (Å²) in [4.78, 5) is 23.4. The van der Waals surface area contributed by atoms with Gasteiger partial charge in [-0.25, -0.2) is 23.2 Å². The number of carbonyl (C=O) groups excluding carboxylic acids is 1. The maximum atomic E-state index is 13.0. The minimum Gasteiger partial charge on any atom is -0.495 e. The van der Waals surface area contributed by atoms with Crippen molar-refractivity contribution < 1.29 is 22.7 Å². The summed E-state index contributed by atoms with van der Waals surface area (Å²) >= 11 is 6.24. The van der Waals surface area contributed by atoms with Gasteiger partial charge in [-0.3, -0.25) is 4.90 Å². The zero-order chi connectivity index (χ0) is 29.6. The van der Waals surface area contributed by atoms with Crippen LogP contribution in [0, 0.1) is 11.3 Å². The Kier molecular flexibility index (Phi) is 7.47. The van der Waals surface area contributed by atoms with Gasteiger partial charge in [0.05, 0.1) is 39.7 Å². The van der Waals surface area contributed by atoms with Crippen molar-refractivity contribution in [1.82, 2.24) is 9.97 Å². The maximum absolute atomic E-state index is 13.0. The van der Waals surface area contributed by atoms with Crippen molar-refractivity contribution >= 4 is 44.9 Å². The second-order valence-electron chi connectivity index (χ2n) is 11.1. The van der Waals surface area contributed by atoms with Gasteiger partial charge in [0.2, 0.25) is 5.95 Å². The Balaban J connectivity index is 1.74. The molecule has 0 saturated carbocycles. The van der Waals surface area contributed by atoms with Crippen LogP contribution in [0.4, 0.5) is 22.1 Å². The van der Waals surface area contributed by atoms with E-state index in [1.807, 2.05) is 19.9 Å². The predicted molar refractivity (Wildman–Crippen MR) is 153 cm³/mol. The summed E-state index contributed by atoms with van der Waals surface area (Å²) in [6.45, 7) is 9.76. The van der Waals surface area contributed by atoms with Gasteiger partial charge in [0.1, 0.15) is 17.4 Å². The van der Waals surface area contributed by atoms with Gasteiger partial charge in [0.15, 0.2) is 9.84 Å². The summed E-state index contributed by atoms with van der Waals surface area (Å²) in [5.41, 5.74) is 2.11. The molecule has 1 aliphatic heterocycles. The Morgan fingerprint density at radius 3 is 2.52 bits per heavy atom. The number of anilines is 3. The van der Waals surface area contributed by atoms with Crippen LogP contribution in [0.15, 0.2) is 41.4 Å². The van der Waals surface area contributed by atoms with Crippen molar-refractivity contribution in [2.75, 3.05) is 30.1 Å². The molecule has 1 amide bonds. The average molecular weight is 584 g/mol. The number of nitrogens with zero attached hydrogens (tertiary/aromatic N) is 4. The number of rotatable bonds is 5. The molecule has 0 bridgehead atoms. The molecule has 10 nitrogen and oxygen atoms in total. The zero-order valence-electron chi connectivity index (χ0n) is 23.3. The van der Waals surface area contributed by atoms with E-state index in [4.69, 9.17) is 21.1 Å². The van der Waals surface area contributed by atoms with E-state index >= 15 is 0 Å². The summed E-state index contributed by atoms with van der Waals surface area (Å²) < 4.78 is 35.1. The highest BCUT2D eigenvalue weighted by atomic mass is 35.5. The Labute approximate surface area is 238 Å². The number of nitriles is 1. The van der Waals surface area contributed by atoms with Crippen molar-refractivity contribution in [3.05, 3.63) is 52.7 Å². The molecule has 0 unspecified atom stereocenters. The number of benzene rings is 2. The Bertz CT molecular complexity index is 1660. The molecule has 2 aromatic carbocycles. The second kappa shape index (κ2) is 10.3. The number of methoxy groups -OCH3 is 1. The van der Waals surface area contributed by atoms with Crippen LogP contribution in [0.1, 0.15) is 45.7 Å². The fourth-order valence-corrected chi connectivity index (χ4v) is 5.81. The molecule has 0 atom stereocenters. The van der Waals surface area contributed by atoms with Crippen LogP contribution in [0.2, 0.25) is 5.02 Å². The molecule has 1 aliphatic rings. The van der Waals surface area contributed by atoms with Gasteiger partial charge in [-0.05, 0) is 50.6 Å². The molecule has 0 spiro atoms. The van der Waals surface area contributed by atoms with Gasteiger partial charge in [0, 0.05) is 36.0 Å². The summed E-state index contributed by atoms with van der Waals surface area (Å²) in [5.74, 6) is 0.444. The molecule has 40 heavy (non-hydrogen) atoms. The molecule has 4 rings (SSSR count). The highest BCUT2D eigenvalue weighted by Crippen LogP contribution is 2.45. The highest BCUT2D eigenvalue weighted by molar-refractivity contribution is 7.90. The normalized spacial score (nSPS) is 14.3. The zero-order valence-corrected chi connectivity index (χ0v) is 24.9. The topological polar surface area (TPSA) is 135 Å². The first-order chi connectivity index (χ1) is 18.5. The van der Waals surface area contributed by atoms with E-state index in [1.54, 1.807) is 39.1 Å². The van der Waals surface area contributed by atoms with Crippen LogP contribution in [-0.4, -0.2) is 50.0 Å². The maximum Gasteiger partial charge on any atom is 0.414 e. The first-order valence-electron chi connectivity index (χ1n) is 12.3. The van der Waals surface area contributed by atoms with Gasteiger partial charge >= 0.3 is 6.09 Å². The Morgan fingerprint density at radius 1 is 1.23 bits per heavy atom. The van der Waals surface area contributed by atoms with Crippen LogP contribution in [0.25, 0.3) is 11.3 Å². The number of hydrogen-bond acceptors (Lipinski definition) is 9. The lowest BCUT2D eigenvalue weighted by atomic mass is 9.85. The Morgan fingerprint density at radius 2 is 1.93 bits per heavy atom. The third kappa shape index (κ3) is 5.83. The summed E-state index contributed by atoms with van der Waals surface area (Å²) in [7, 11) is -2.16. The van der Waals surface area contributed by atoms with E-state index in [0.29, 0.717) is 34.7 Å². The van der Waals surface area contributed by atoms with E-state index in [9.17, 15) is 18.5 Å². The fourth-order valence-electron chi connectivity index (χ4n) is 4.49. The summed E-state index contributed by atoms with van der Waals surface area (Å²) in [5, 5.41) is 13.1. The molecule has 12 heteroatoms. The number of hydrogen-bond donors (Lipinski definition) is 1. The SMILES string of the molecule is COc1cc(S(C)(=O)=O)c(Cl)cc1Nc1nccc(-c2cc(C#N)c3c(c2)C(C)(C)CN3C(=O)OC(C)(C)C)n1. The lowest BCUT2D eigenvalue weighted by molar-refractivity contribution is 0.0579. The summed E-state index contributed by atoms with van der Waals surface area (Å²) in [6.07, 6.45) is 2.11. The van der Waals surface area contributed by atoms with Gasteiger partial charge in [-0.15, -0.1) is 0 Å². The molecule has 1 aromatic heterocycles. The van der Waals surface area contributed by atoms with Crippen molar-refractivity contribution in [3.8, 4) is 23.1 Å². The van der Waals surface area contributed by atoms with E-state index in [2.05, 4.69) is 21.4 Å². The van der Waals surface area contributed by atoms with Gasteiger partial charge in [0.25, 0.3) is 0 Å².